The number of hydrogen-bond donors (Lipinski definition) is 1. The molecule has 0 spiro atoms. The first-order valence-electron chi connectivity index (χ1n) is 5.73. The number of aliphatic hydroxyl groups excluding tert-OH is 1. The lowest BCUT2D eigenvalue weighted by Gasteiger charge is -2.25. The van der Waals surface area contributed by atoms with Crippen LogP contribution in [0.4, 0.5) is 0 Å². The standard InChI is InChI=1S/C12H20O3/c1-2-6-11(7-5-9-13)15-12-8-3-4-10-14-12/h11-13H,2-4,6,8-10H2,1H3. The molecule has 86 valence electrons. The summed E-state index contributed by atoms with van der Waals surface area (Å²) in [6, 6.07) is 0. The van der Waals surface area contributed by atoms with Crippen LogP contribution in [0.1, 0.15) is 39.0 Å². The lowest BCUT2D eigenvalue weighted by atomic mass is 10.2. The Hall–Kier alpha value is -0.560. The van der Waals surface area contributed by atoms with Crippen LogP contribution in [0.3, 0.4) is 0 Å². The molecule has 1 heterocycles. The molecular weight excluding hydrogens is 192 g/mol. The Kier molecular flexibility index (Phi) is 6.42. The van der Waals surface area contributed by atoms with Crippen LogP contribution in [0.25, 0.3) is 0 Å². The SMILES string of the molecule is CCCC(C#CCO)OC1CCCCO1. The molecule has 2 atom stereocenters. The Balaban J connectivity index is 2.34. The fourth-order valence-electron chi connectivity index (χ4n) is 1.60. The van der Waals surface area contributed by atoms with E-state index in [1.807, 2.05) is 0 Å². The largest absolute Gasteiger partial charge is 0.384 e. The normalized spacial score (nSPS) is 22.9. The second-order valence-electron chi connectivity index (χ2n) is 3.69. The number of aliphatic hydroxyl groups is 1. The molecule has 0 aromatic rings. The van der Waals surface area contributed by atoms with Gasteiger partial charge in [0.25, 0.3) is 0 Å². The van der Waals surface area contributed by atoms with Crippen molar-refractivity contribution in [3.05, 3.63) is 0 Å². The van der Waals surface area contributed by atoms with Gasteiger partial charge in [0.1, 0.15) is 12.7 Å². The zero-order valence-corrected chi connectivity index (χ0v) is 9.37. The maximum absolute atomic E-state index is 8.63. The van der Waals surface area contributed by atoms with Gasteiger partial charge in [0.15, 0.2) is 6.29 Å². The summed E-state index contributed by atoms with van der Waals surface area (Å²) in [6.45, 7) is 2.78. The molecule has 0 aliphatic carbocycles. The van der Waals surface area contributed by atoms with Crippen molar-refractivity contribution < 1.29 is 14.6 Å². The molecule has 15 heavy (non-hydrogen) atoms. The average molecular weight is 212 g/mol. The summed E-state index contributed by atoms with van der Waals surface area (Å²) in [4.78, 5) is 0. The van der Waals surface area contributed by atoms with E-state index in [1.54, 1.807) is 0 Å². The van der Waals surface area contributed by atoms with Gasteiger partial charge in [-0.3, -0.25) is 0 Å². The highest BCUT2D eigenvalue weighted by atomic mass is 16.7. The fraction of sp³-hybridized carbons (Fsp3) is 0.833. The summed E-state index contributed by atoms with van der Waals surface area (Å²) in [7, 11) is 0. The molecule has 0 bridgehead atoms. The molecule has 0 amide bonds. The summed E-state index contributed by atoms with van der Waals surface area (Å²) in [5, 5.41) is 8.63. The van der Waals surface area contributed by atoms with E-state index in [1.165, 1.54) is 0 Å². The van der Waals surface area contributed by atoms with Gasteiger partial charge in [0.2, 0.25) is 0 Å². The number of hydrogen-bond acceptors (Lipinski definition) is 3. The van der Waals surface area contributed by atoms with Crippen LogP contribution in [0, 0.1) is 11.8 Å². The van der Waals surface area contributed by atoms with Crippen molar-refractivity contribution in [2.45, 2.75) is 51.4 Å². The Labute approximate surface area is 91.8 Å². The van der Waals surface area contributed by atoms with Crippen LogP contribution in [0.5, 0.6) is 0 Å². The molecule has 0 aromatic carbocycles. The first kappa shape index (κ1) is 12.5. The molecule has 1 aliphatic rings. The Morgan fingerprint density at radius 1 is 1.53 bits per heavy atom. The van der Waals surface area contributed by atoms with Gasteiger partial charge < -0.3 is 14.6 Å². The monoisotopic (exact) mass is 212 g/mol. The van der Waals surface area contributed by atoms with E-state index in [-0.39, 0.29) is 19.0 Å². The molecule has 3 nitrogen and oxygen atoms in total. The Morgan fingerprint density at radius 3 is 3.00 bits per heavy atom. The zero-order chi connectivity index (χ0) is 10.9. The molecule has 0 radical (unpaired) electrons. The Morgan fingerprint density at radius 2 is 2.40 bits per heavy atom. The first-order chi connectivity index (χ1) is 7.36. The van der Waals surface area contributed by atoms with E-state index in [4.69, 9.17) is 14.6 Å². The maximum atomic E-state index is 8.63. The fourth-order valence-corrected chi connectivity index (χ4v) is 1.60. The van der Waals surface area contributed by atoms with Gasteiger partial charge >= 0.3 is 0 Å². The van der Waals surface area contributed by atoms with Crippen molar-refractivity contribution in [2.24, 2.45) is 0 Å². The van der Waals surface area contributed by atoms with Crippen molar-refractivity contribution in [3.63, 3.8) is 0 Å². The lowest BCUT2D eigenvalue weighted by Crippen LogP contribution is -2.27. The van der Waals surface area contributed by atoms with Gasteiger partial charge in [-0.05, 0) is 25.7 Å². The highest BCUT2D eigenvalue weighted by molar-refractivity contribution is 5.05. The summed E-state index contributed by atoms with van der Waals surface area (Å²) < 4.78 is 11.2. The molecule has 1 saturated heterocycles. The van der Waals surface area contributed by atoms with Gasteiger partial charge in [-0.1, -0.05) is 25.2 Å². The van der Waals surface area contributed by atoms with Gasteiger partial charge in [-0.2, -0.15) is 0 Å². The van der Waals surface area contributed by atoms with Crippen LogP contribution in [-0.4, -0.2) is 30.7 Å². The second kappa shape index (κ2) is 7.70. The highest BCUT2D eigenvalue weighted by Gasteiger charge is 2.17. The number of ether oxygens (including phenoxy) is 2. The molecular formula is C12H20O3. The van der Waals surface area contributed by atoms with Crippen molar-refractivity contribution in [2.75, 3.05) is 13.2 Å². The van der Waals surface area contributed by atoms with Crippen LogP contribution >= 0.6 is 0 Å². The Bertz CT molecular complexity index is 211. The first-order valence-corrected chi connectivity index (χ1v) is 5.73. The second-order valence-corrected chi connectivity index (χ2v) is 3.69. The van der Waals surface area contributed by atoms with E-state index in [0.717, 1.165) is 38.7 Å². The predicted octanol–water partition coefficient (Wildman–Crippen LogP) is 1.69. The third-order valence-corrected chi connectivity index (χ3v) is 2.35. The van der Waals surface area contributed by atoms with Gasteiger partial charge in [-0.25, -0.2) is 0 Å². The molecule has 2 unspecified atom stereocenters. The third-order valence-electron chi connectivity index (χ3n) is 2.35. The molecule has 1 fully saturated rings. The molecule has 3 heteroatoms. The summed E-state index contributed by atoms with van der Waals surface area (Å²) in [6.07, 6.45) is 4.98. The minimum atomic E-state index is -0.102. The summed E-state index contributed by atoms with van der Waals surface area (Å²) in [5.41, 5.74) is 0. The topological polar surface area (TPSA) is 38.7 Å². The smallest absolute Gasteiger partial charge is 0.159 e. The van der Waals surface area contributed by atoms with E-state index in [9.17, 15) is 0 Å². The van der Waals surface area contributed by atoms with Crippen molar-refractivity contribution in [1.29, 1.82) is 0 Å². The van der Waals surface area contributed by atoms with Crippen molar-refractivity contribution >= 4 is 0 Å². The molecule has 1 rings (SSSR count). The van der Waals surface area contributed by atoms with Crippen LogP contribution in [0.15, 0.2) is 0 Å². The van der Waals surface area contributed by atoms with E-state index >= 15 is 0 Å². The average Bonchev–Trinajstić information content (AvgIpc) is 2.28. The molecule has 0 saturated carbocycles. The molecule has 1 N–H and O–H groups in total. The van der Waals surface area contributed by atoms with Crippen molar-refractivity contribution in [3.8, 4) is 11.8 Å². The summed E-state index contributed by atoms with van der Waals surface area (Å²) in [5.74, 6) is 5.56. The lowest BCUT2D eigenvalue weighted by molar-refractivity contribution is -0.177. The van der Waals surface area contributed by atoms with Crippen LogP contribution in [0.2, 0.25) is 0 Å². The number of rotatable bonds is 4. The summed E-state index contributed by atoms with van der Waals surface area (Å²) >= 11 is 0. The minimum Gasteiger partial charge on any atom is -0.384 e. The highest BCUT2D eigenvalue weighted by Crippen LogP contribution is 2.16. The van der Waals surface area contributed by atoms with Gasteiger partial charge in [0.05, 0.1) is 0 Å². The molecule has 1 aliphatic heterocycles. The van der Waals surface area contributed by atoms with E-state index in [0.29, 0.717) is 0 Å². The van der Waals surface area contributed by atoms with E-state index < -0.39 is 0 Å². The van der Waals surface area contributed by atoms with Gasteiger partial charge in [0, 0.05) is 6.61 Å². The predicted molar refractivity (Wildman–Crippen MR) is 58.2 cm³/mol. The van der Waals surface area contributed by atoms with Gasteiger partial charge in [-0.15, -0.1) is 0 Å². The maximum Gasteiger partial charge on any atom is 0.159 e. The zero-order valence-electron chi connectivity index (χ0n) is 9.37. The molecule has 0 aromatic heterocycles. The van der Waals surface area contributed by atoms with E-state index in [2.05, 4.69) is 18.8 Å². The van der Waals surface area contributed by atoms with Crippen LogP contribution in [-0.2, 0) is 9.47 Å². The quantitative estimate of drug-likeness (QED) is 0.721. The van der Waals surface area contributed by atoms with Crippen LogP contribution < -0.4 is 0 Å². The minimum absolute atomic E-state index is 0.0924. The third kappa shape index (κ3) is 5.17. The van der Waals surface area contributed by atoms with Crippen molar-refractivity contribution in [1.82, 2.24) is 0 Å².